The molecule has 10 heteroatoms. The Bertz CT molecular complexity index is 1230. The summed E-state index contributed by atoms with van der Waals surface area (Å²) in [6.07, 6.45) is 3.09. The van der Waals surface area contributed by atoms with E-state index < -0.39 is 33.5 Å². The van der Waals surface area contributed by atoms with Crippen LogP contribution in [0.3, 0.4) is 0 Å². The van der Waals surface area contributed by atoms with Crippen molar-refractivity contribution in [3.8, 4) is 11.3 Å². The zero-order chi connectivity index (χ0) is 23.7. The Balaban J connectivity index is 2.17. The maximum absolute atomic E-state index is 14.7. The molecule has 0 radical (unpaired) electrons. The highest BCUT2D eigenvalue weighted by Crippen LogP contribution is 2.31. The zero-order valence-corrected chi connectivity index (χ0v) is 19.0. The molecule has 0 aromatic carbocycles. The van der Waals surface area contributed by atoms with E-state index in [9.17, 15) is 22.7 Å². The van der Waals surface area contributed by atoms with Crippen LogP contribution in [-0.2, 0) is 16.4 Å². The number of amides is 1. The monoisotopic (exact) mass is 460 g/mol. The lowest BCUT2D eigenvalue weighted by Crippen LogP contribution is -2.44. The standard InChI is InChI=1S/C22H25FN4O4S/c1-14-7-8-17(20(23)25-14)18-10-15(11-19(22(2,3)4)26-21(28)29)13-27(18)32(30,31)16-6-5-9-24-12-16/h5-10,12-13,19,26H,11H2,1-4H3,(H,28,29). The van der Waals surface area contributed by atoms with Gasteiger partial charge in [0.15, 0.2) is 0 Å². The van der Waals surface area contributed by atoms with Crippen molar-refractivity contribution in [2.24, 2.45) is 5.41 Å². The highest BCUT2D eigenvalue weighted by atomic mass is 32.2. The van der Waals surface area contributed by atoms with E-state index >= 15 is 0 Å². The maximum atomic E-state index is 14.7. The largest absolute Gasteiger partial charge is 0.465 e. The van der Waals surface area contributed by atoms with Crippen molar-refractivity contribution in [1.29, 1.82) is 0 Å². The van der Waals surface area contributed by atoms with Crippen molar-refractivity contribution in [3.05, 3.63) is 66.1 Å². The fourth-order valence-electron chi connectivity index (χ4n) is 3.29. The zero-order valence-electron chi connectivity index (χ0n) is 18.2. The van der Waals surface area contributed by atoms with Gasteiger partial charge in [0.2, 0.25) is 5.95 Å². The van der Waals surface area contributed by atoms with E-state index in [2.05, 4.69) is 15.3 Å². The van der Waals surface area contributed by atoms with Crippen LogP contribution in [0.5, 0.6) is 0 Å². The van der Waals surface area contributed by atoms with Crippen LogP contribution in [-0.4, -0.2) is 39.6 Å². The number of carbonyl (C=O) groups is 1. The van der Waals surface area contributed by atoms with Crippen LogP contribution in [0.15, 0.2) is 53.8 Å². The molecule has 0 aliphatic heterocycles. The van der Waals surface area contributed by atoms with E-state index in [0.717, 1.165) is 3.97 Å². The lowest BCUT2D eigenvalue weighted by atomic mass is 9.83. The molecule has 0 spiro atoms. The van der Waals surface area contributed by atoms with Gasteiger partial charge in [-0.05, 0) is 54.7 Å². The van der Waals surface area contributed by atoms with Crippen LogP contribution in [0.1, 0.15) is 32.0 Å². The average molecular weight is 461 g/mol. The van der Waals surface area contributed by atoms with Gasteiger partial charge in [-0.1, -0.05) is 20.8 Å². The number of halogens is 1. The quantitative estimate of drug-likeness (QED) is 0.540. The molecular weight excluding hydrogens is 435 g/mol. The Kier molecular flexibility index (Phi) is 6.36. The molecule has 3 aromatic rings. The molecule has 32 heavy (non-hydrogen) atoms. The second kappa shape index (κ2) is 8.70. The molecule has 3 heterocycles. The van der Waals surface area contributed by atoms with E-state index in [4.69, 9.17) is 0 Å². The Morgan fingerprint density at radius 3 is 2.56 bits per heavy atom. The van der Waals surface area contributed by atoms with Crippen LogP contribution >= 0.6 is 0 Å². The molecule has 0 fully saturated rings. The molecule has 3 rings (SSSR count). The third-order valence-corrected chi connectivity index (χ3v) is 6.74. The van der Waals surface area contributed by atoms with Gasteiger partial charge in [0.1, 0.15) is 4.90 Å². The highest BCUT2D eigenvalue weighted by Gasteiger charge is 2.29. The molecule has 0 saturated carbocycles. The first kappa shape index (κ1) is 23.4. The Hall–Kier alpha value is -3.27. The smallest absolute Gasteiger partial charge is 0.404 e. The summed E-state index contributed by atoms with van der Waals surface area (Å²) in [5, 5.41) is 11.7. The summed E-state index contributed by atoms with van der Waals surface area (Å²) in [6.45, 7) is 7.26. The van der Waals surface area contributed by atoms with Gasteiger partial charge >= 0.3 is 6.09 Å². The van der Waals surface area contributed by atoms with E-state index in [0.29, 0.717) is 11.3 Å². The van der Waals surface area contributed by atoms with Crippen molar-refractivity contribution in [1.82, 2.24) is 19.3 Å². The lowest BCUT2D eigenvalue weighted by Gasteiger charge is -2.30. The molecule has 0 saturated heterocycles. The minimum atomic E-state index is -4.10. The Labute approximate surface area is 186 Å². The van der Waals surface area contributed by atoms with Crippen LogP contribution in [0.2, 0.25) is 0 Å². The summed E-state index contributed by atoms with van der Waals surface area (Å²) in [7, 11) is -4.10. The number of pyridine rings is 2. The molecule has 170 valence electrons. The molecule has 0 bridgehead atoms. The van der Waals surface area contributed by atoms with Gasteiger partial charge in [-0.25, -0.2) is 22.2 Å². The molecule has 0 aliphatic carbocycles. The first-order valence-corrected chi connectivity index (χ1v) is 11.3. The third kappa shape index (κ3) is 4.96. The molecule has 1 amide bonds. The van der Waals surface area contributed by atoms with Gasteiger partial charge in [-0.3, -0.25) is 4.98 Å². The van der Waals surface area contributed by atoms with Gasteiger partial charge in [-0.2, -0.15) is 4.39 Å². The van der Waals surface area contributed by atoms with Crippen molar-refractivity contribution < 1.29 is 22.7 Å². The van der Waals surface area contributed by atoms with Crippen LogP contribution in [0.25, 0.3) is 11.3 Å². The molecule has 8 nitrogen and oxygen atoms in total. The number of nitrogens with one attached hydrogen (secondary N) is 1. The van der Waals surface area contributed by atoms with E-state index in [1.54, 1.807) is 19.1 Å². The summed E-state index contributed by atoms with van der Waals surface area (Å²) >= 11 is 0. The van der Waals surface area contributed by atoms with Crippen LogP contribution in [0, 0.1) is 18.3 Å². The van der Waals surface area contributed by atoms with E-state index in [1.807, 2.05) is 20.8 Å². The normalized spacial score (nSPS) is 13.0. The lowest BCUT2D eigenvalue weighted by molar-refractivity contribution is 0.174. The number of hydrogen-bond donors (Lipinski definition) is 2. The van der Waals surface area contributed by atoms with Crippen LogP contribution < -0.4 is 5.32 Å². The summed E-state index contributed by atoms with van der Waals surface area (Å²) in [6, 6.07) is 7.01. The number of nitrogens with zero attached hydrogens (tertiary/aromatic N) is 3. The van der Waals surface area contributed by atoms with Crippen LogP contribution in [0.4, 0.5) is 9.18 Å². The number of carboxylic acid groups (broad SMARTS) is 1. The molecule has 1 unspecified atom stereocenters. The maximum Gasteiger partial charge on any atom is 0.404 e. The van der Waals surface area contributed by atoms with Crippen molar-refractivity contribution >= 4 is 16.1 Å². The molecule has 0 aliphatic rings. The Morgan fingerprint density at radius 2 is 2.00 bits per heavy atom. The fraction of sp³-hybridized carbons (Fsp3) is 0.318. The number of rotatable bonds is 6. The van der Waals surface area contributed by atoms with E-state index in [1.165, 1.54) is 36.8 Å². The van der Waals surface area contributed by atoms with Gasteiger partial charge < -0.3 is 10.4 Å². The first-order valence-electron chi connectivity index (χ1n) is 9.89. The minimum absolute atomic E-state index is 0.0211. The van der Waals surface area contributed by atoms with Crippen molar-refractivity contribution in [2.75, 3.05) is 0 Å². The Morgan fingerprint density at radius 1 is 1.28 bits per heavy atom. The molecule has 3 aromatic heterocycles. The number of hydrogen-bond acceptors (Lipinski definition) is 5. The second-order valence-corrected chi connectivity index (χ2v) is 10.4. The molecular formula is C22H25FN4O4S. The minimum Gasteiger partial charge on any atom is -0.465 e. The number of aryl methyl sites for hydroxylation is 1. The average Bonchev–Trinajstić information content (AvgIpc) is 3.11. The van der Waals surface area contributed by atoms with Gasteiger partial charge in [0.05, 0.1) is 11.3 Å². The SMILES string of the molecule is Cc1ccc(-c2cc(CC(NC(=O)O)C(C)(C)C)cn2S(=O)(=O)c2cccnc2)c(F)n1. The van der Waals surface area contributed by atoms with Gasteiger partial charge in [0, 0.05) is 30.3 Å². The topological polar surface area (TPSA) is 114 Å². The first-order chi connectivity index (χ1) is 14.9. The highest BCUT2D eigenvalue weighted by molar-refractivity contribution is 7.90. The second-order valence-electron chi connectivity index (χ2n) is 8.59. The predicted octanol–water partition coefficient (Wildman–Crippen LogP) is 3.85. The number of aromatic nitrogens is 3. The summed E-state index contributed by atoms with van der Waals surface area (Å²) in [5.74, 6) is -0.798. The summed E-state index contributed by atoms with van der Waals surface area (Å²) in [5.41, 5.74) is 0.656. The van der Waals surface area contributed by atoms with Crippen molar-refractivity contribution in [2.45, 2.75) is 45.1 Å². The van der Waals surface area contributed by atoms with Gasteiger partial charge in [0.25, 0.3) is 10.0 Å². The van der Waals surface area contributed by atoms with E-state index in [-0.39, 0.29) is 22.6 Å². The molecule has 2 N–H and O–H groups in total. The molecule has 1 atom stereocenters. The predicted molar refractivity (Wildman–Crippen MR) is 117 cm³/mol. The van der Waals surface area contributed by atoms with Crippen molar-refractivity contribution in [3.63, 3.8) is 0 Å². The summed E-state index contributed by atoms with van der Waals surface area (Å²) in [4.78, 5) is 18.9. The van der Waals surface area contributed by atoms with Gasteiger partial charge in [-0.15, -0.1) is 0 Å². The summed E-state index contributed by atoms with van der Waals surface area (Å²) < 4.78 is 42.4. The fourth-order valence-corrected chi connectivity index (χ4v) is 4.65. The third-order valence-electron chi connectivity index (χ3n) is 5.08.